The van der Waals surface area contributed by atoms with Gasteiger partial charge >= 0.3 is 0 Å². The van der Waals surface area contributed by atoms with Gasteiger partial charge in [0.15, 0.2) is 0 Å². The highest BCUT2D eigenvalue weighted by Crippen LogP contribution is 2.21. The molecular weight excluding hydrogens is 170 g/mol. The third-order valence-corrected chi connectivity index (χ3v) is 2.49. The van der Waals surface area contributed by atoms with Crippen LogP contribution in [0.25, 0.3) is 0 Å². The Bertz CT molecular complexity index is 267. The van der Waals surface area contributed by atoms with E-state index in [0.717, 1.165) is 11.4 Å². The first kappa shape index (κ1) is 9.01. The molecule has 0 aliphatic carbocycles. The van der Waals surface area contributed by atoms with Crippen molar-refractivity contribution in [3.8, 4) is 6.07 Å². The summed E-state index contributed by atoms with van der Waals surface area (Å²) in [6, 6.07) is 2.20. The van der Waals surface area contributed by atoms with E-state index in [0.29, 0.717) is 0 Å². The van der Waals surface area contributed by atoms with Crippen LogP contribution < -0.4 is 0 Å². The second-order valence-corrected chi connectivity index (χ2v) is 3.41. The summed E-state index contributed by atoms with van der Waals surface area (Å²) >= 11 is 1.45. The average Bonchev–Trinajstić information content (AvgIpc) is 2.16. The van der Waals surface area contributed by atoms with Crippen molar-refractivity contribution in [3.05, 3.63) is 18.6 Å². The molecule has 1 rings (SSSR count). The van der Waals surface area contributed by atoms with Crippen LogP contribution in [-0.2, 0) is 0 Å². The standard InChI is InChI=1S/C8H9N3S/c1-2-7(5-9)12-8-6-10-3-4-11-8/h3-4,6-7H,2H2,1H3. The van der Waals surface area contributed by atoms with Crippen LogP contribution in [0, 0.1) is 11.3 Å². The molecular formula is C8H9N3S. The molecule has 0 spiro atoms. The van der Waals surface area contributed by atoms with Gasteiger partial charge in [-0.05, 0) is 6.42 Å². The molecule has 3 nitrogen and oxygen atoms in total. The van der Waals surface area contributed by atoms with Crippen LogP contribution in [0.1, 0.15) is 13.3 Å². The molecule has 0 radical (unpaired) electrons. The molecule has 1 aromatic heterocycles. The van der Waals surface area contributed by atoms with Gasteiger partial charge in [0, 0.05) is 12.4 Å². The van der Waals surface area contributed by atoms with Crippen LogP contribution in [-0.4, -0.2) is 15.2 Å². The van der Waals surface area contributed by atoms with Gasteiger partial charge in [-0.1, -0.05) is 18.7 Å². The third kappa shape index (κ3) is 2.51. The zero-order chi connectivity index (χ0) is 8.81. The number of nitrogens with zero attached hydrogens (tertiary/aromatic N) is 3. The summed E-state index contributed by atoms with van der Waals surface area (Å²) in [5.74, 6) is 0. The molecule has 62 valence electrons. The molecule has 0 saturated carbocycles. The summed E-state index contributed by atoms with van der Waals surface area (Å²) in [6.07, 6.45) is 5.76. The smallest absolute Gasteiger partial charge is 0.116 e. The minimum absolute atomic E-state index is 0.0123. The van der Waals surface area contributed by atoms with Gasteiger partial charge in [-0.25, -0.2) is 4.98 Å². The van der Waals surface area contributed by atoms with Crippen molar-refractivity contribution in [1.29, 1.82) is 5.26 Å². The number of nitriles is 1. The molecule has 0 bridgehead atoms. The lowest BCUT2D eigenvalue weighted by molar-refractivity contribution is 0.970. The number of aromatic nitrogens is 2. The number of rotatable bonds is 3. The number of thioether (sulfide) groups is 1. The van der Waals surface area contributed by atoms with Crippen LogP contribution in [0.15, 0.2) is 23.6 Å². The van der Waals surface area contributed by atoms with Gasteiger partial charge in [0.1, 0.15) is 5.03 Å². The van der Waals surface area contributed by atoms with E-state index in [1.807, 2.05) is 6.92 Å². The van der Waals surface area contributed by atoms with Crippen molar-refractivity contribution in [3.63, 3.8) is 0 Å². The summed E-state index contributed by atoms with van der Waals surface area (Å²) in [7, 11) is 0. The van der Waals surface area contributed by atoms with Gasteiger partial charge in [0.05, 0.1) is 17.5 Å². The second-order valence-electron chi connectivity index (χ2n) is 2.19. The SMILES string of the molecule is CCC(C#N)Sc1cnccn1. The maximum atomic E-state index is 8.67. The first-order valence-corrected chi connectivity index (χ1v) is 4.57. The lowest BCUT2D eigenvalue weighted by Gasteiger charge is -2.02. The van der Waals surface area contributed by atoms with Gasteiger partial charge in [-0.3, -0.25) is 4.98 Å². The second kappa shape index (κ2) is 4.73. The number of hydrogen-bond donors (Lipinski definition) is 0. The fourth-order valence-electron chi connectivity index (χ4n) is 0.693. The molecule has 12 heavy (non-hydrogen) atoms. The van der Waals surface area contributed by atoms with Crippen LogP contribution in [0.3, 0.4) is 0 Å². The van der Waals surface area contributed by atoms with Crippen molar-refractivity contribution in [2.45, 2.75) is 23.6 Å². The molecule has 0 N–H and O–H groups in total. The molecule has 1 unspecified atom stereocenters. The van der Waals surface area contributed by atoms with Crippen molar-refractivity contribution >= 4 is 11.8 Å². The van der Waals surface area contributed by atoms with E-state index in [1.165, 1.54) is 11.8 Å². The molecule has 4 heteroatoms. The zero-order valence-electron chi connectivity index (χ0n) is 6.77. The Morgan fingerprint density at radius 1 is 1.67 bits per heavy atom. The van der Waals surface area contributed by atoms with E-state index in [2.05, 4.69) is 16.0 Å². The normalized spacial score (nSPS) is 12.0. The molecule has 0 aliphatic rings. The highest BCUT2D eigenvalue weighted by Gasteiger charge is 2.06. The third-order valence-electron chi connectivity index (χ3n) is 1.32. The van der Waals surface area contributed by atoms with E-state index >= 15 is 0 Å². The summed E-state index contributed by atoms with van der Waals surface area (Å²) in [6.45, 7) is 1.98. The average molecular weight is 179 g/mol. The zero-order valence-corrected chi connectivity index (χ0v) is 7.58. The minimum Gasteiger partial charge on any atom is -0.260 e. The topological polar surface area (TPSA) is 49.6 Å². The summed E-state index contributed by atoms with van der Waals surface area (Å²) < 4.78 is 0. The molecule has 1 atom stereocenters. The van der Waals surface area contributed by atoms with Crippen molar-refractivity contribution in [1.82, 2.24) is 9.97 Å². The van der Waals surface area contributed by atoms with Crippen LogP contribution >= 0.6 is 11.8 Å². The first-order chi connectivity index (χ1) is 5.86. The molecule has 0 saturated heterocycles. The van der Waals surface area contributed by atoms with E-state index in [9.17, 15) is 0 Å². The van der Waals surface area contributed by atoms with Crippen LogP contribution in [0.2, 0.25) is 0 Å². The Labute approximate surface area is 75.8 Å². The van der Waals surface area contributed by atoms with E-state index in [1.54, 1.807) is 18.6 Å². The van der Waals surface area contributed by atoms with Gasteiger partial charge in [0.25, 0.3) is 0 Å². The molecule has 1 aromatic rings. The molecule has 0 aliphatic heterocycles. The maximum Gasteiger partial charge on any atom is 0.116 e. The number of hydrogen-bond acceptors (Lipinski definition) is 4. The lowest BCUT2D eigenvalue weighted by Crippen LogP contribution is -1.96. The molecule has 0 aromatic carbocycles. The van der Waals surface area contributed by atoms with Gasteiger partial charge in [-0.2, -0.15) is 5.26 Å². The molecule has 1 heterocycles. The van der Waals surface area contributed by atoms with E-state index in [4.69, 9.17) is 5.26 Å². The van der Waals surface area contributed by atoms with Gasteiger partial charge in [-0.15, -0.1) is 0 Å². The lowest BCUT2D eigenvalue weighted by atomic mass is 10.4. The Morgan fingerprint density at radius 2 is 2.50 bits per heavy atom. The molecule has 0 amide bonds. The predicted octanol–water partition coefficient (Wildman–Crippen LogP) is 1.87. The quantitative estimate of drug-likeness (QED) is 0.665. The summed E-state index contributed by atoms with van der Waals surface area (Å²) in [5, 5.41) is 9.47. The monoisotopic (exact) mass is 179 g/mol. The minimum atomic E-state index is -0.0123. The van der Waals surface area contributed by atoms with Crippen molar-refractivity contribution in [2.75, 3.05) is 0 Å². The van der Waals surface area contributed by atoms with Crippen LogP contribution in [0.4, 0.5) is 0 Å². The summed E-state index contributed by atoms with van der Waals surface area (Å²) in [5.41, 5.74) is 0. The van der Waals surface area contributed by atoms with E-state index in [-0.39, 0.29) is 5.25 Å². The fraction of sp³-hybridized carbons (Fsp3) is 0.375. The van der Waals surface area contributed by atoms with Crippen molar-refractivity contribution < 1.29 is 0 Å². The van der Waals surface area contributed by atoms with Gasteiger partial charge < -0.3 is 0 Å². The maximum absolute atomic E-state index is 8.67. The Balaban J connectivity index is 2.58. The predicted molar refractivity (Wildman–Crippen MR) is 47.6 cm³/mol. The molecule has 0 fully saturated rings. The largest absolute Gasteiger partial charge is 0.260 e. The highest BCUT2D eigenvalue weighted by atomic mass is 32.2. The van der Waals surface area contributed by atoms with E-state index < -0.39 is 0 Å². The Kier molecular flexibility index (Phi) is 3.55. The summed E-state index contributed by atoms with van der Waals surface area (Å²) in [4.78, 5) is 7.98. The highest BCUT2D eigenvalue weighted by molar-refractivity contribution is 8.00. The van der Waals surface area contributed by atoms with Crippen LogP contribution in [0.5, 0.6) is 0 Å². The van der Waals surface area contributed by atoms with Gasteiger partial charge in [0.2, 0.25) is 0 Å². The first-order valence-electron chi connectivity index (χ1n) is 3.69. The van der Waals surface area contributed by atoms with Crippen molar-refractivity contribution in [2.24, 2.45) is 0 Å². The Hall–Kier alpha value is -1.08. The Morgan fingerprint density at radius 3 is 3.00 bits per heavy atom. The fourth-order valence-corrected chi connectivity index (χ4v) is 1.45.